The minimum absolute atomic E-state index is 0.0987. The summed E-state index contributed by atoms with van der Waals surface area (Å²) in [5, 5.41) is 15.4. The van der Waals surface area contributed by atoms with E-state index in [0.29, 0.717) is 42.1 Å². The molecule has 0 N–H and O–H groups in total. The highest BCUT2D eigenvalue weighted by molar-refractivity contribution is 7.71. The summed E-state index contributed by atoms with van der Waals surface area (Å²) in [6, 6.07) is 12.2. The summed E-state index contributed by atoms with van der Waals surface area (Å²) in [4.78, 5) is 15.2. The van der Waals surface area contributed by atoms with Gasteiger partial charge >= 0.3 is 0 Å². The summed E-state index contributed by atoms with van der Waals surface area (Å²) in [6.07, 6.45) is 0. The van der Waals surface area contributed by atoms with E-state index < -0.39 is 0 Å². The Bertz CT molecular complexity index is 1180. The number of nitrogens with zero attached hydrogens (tertiary/aromatic N) is 5. The zero-order valence-corrected chi connectivity index (χ0v) is 18.0. The quantitative estimate of drug-likeness (QED) is 0.326. The molecule has 0 saturated carbocycles. The van der Waals surface area contributed by atoms with Crippen LogP contribution >= 0.6 is 12.2 Å². The van der Waals surface area contributed by atoms with Gasteiger partial charge in [0.25, 0.3) is 10.5 Å². The number of rotatable bonds is 5. The van der Waals surface area contributed by atoms with Crippen molar-refractivity contribution in [3.05, 3.63) is 57.4 Å². The van der Waals surface area contributed by atoms with Gasteiger partial charge < -0.3 is 18.8 Å². The Kier molecular flexibility index (Phi) is 5.50. The second-order valence-corrected chi connectivity index (χ2v) is 7.90. The van der Waals surface area contributed by atoms with E-state index >= 15 is 0 Å². The number of hydrogen-bond donors (Lipinski definition) is 0. The Morgan fingerprint density at radius 3 is 2.44 bits per heavy atom. The maximum absolute atomic E-state index is 10.8. The van der Waals surface area contributed by atoms with E-state index in [9.17, 15) is 10.1 Å². The van der Waals surface area contributed by atoms with Crippen LogP contribution in [0.25, 0.3) is 11.5 Å². The number of nitro groups is 1. The van der Waals surface area contributed by atoms with Gasteiger partial charge in [-0.3, -0.25) is 15.0 Å². The molecule has 0 spiro atoms. The number of benzene rings is 2. The van der Waals surface area contributed by atoms with Crippen LogP contribution in [-0.4, -0.2) is 59.0 Å². The molecule has 5 rings (SSSR count). The van der Waals surface area contributed by atoms with Crippen LogP contribution < -0.4 is 14.4 Å². The standard InChI is InChI=1S/C21H21N5O5S/c27-26(28)17-4-2-16(3-5-17)24-9-7-23(8-10-24)14-25-21(32)31-20(22-25)15-1-6-18-19(13-15)30-12-11-29-18/h1-6,13H,7-12,14H2. The minimum atomic E-state index is -0.386. The first kappa shape index (κ1) is 20.5. The van der Waals surface area contributed by atoms with Gasteiger partial charge in [-0.2, -0.15) is 0 Å². The zero-order valence-electron chi connectivity index (χ0n) is 17.2. The number of nitro benzene ring substituents is 1. The highest BCUT2D eigenvalue weighted by Crippen LogP contribution is 2.34. The van der Waals surface area contributed by atoms with Crippen molar-refractivity contribution in [2.24, 2.45) is 0 Å². The summed E-state index contributed by atoms with van der Waals surface area (Å²) in [6.45, 7) is 4.81. The van der Waals surface area contributed by atoms with Crippen LogP contribution in [0, 0.1) is 15.0 Å². The lowest BCUT2D eigenvalue weighted by molar-refractivity contribution is -0.384. The summed E-state index contributed by atoms with van der Waals surface area (Å²) in [7, 11) is 0. The normalized spacial score (nSPS) is 16.2. The van der Waals surface area contributed by atoms with Gasteiger partial charge in [0, 0.05) is 49.6 Å². The van der Waals surface area contributed by atoms with Crippen LogP contribution in [0.2, 0.25) is 0 Å². The first-order valence-electron chi connectivity index (χ1n) is 10.3. The van der Waals surface area contributed by atoms with E-state index in [1.165, 1.54) is 12.1 Å². The van der Waals surface area contributed by atoms with Gasteiger partial charge in [0.2, 0.25) is 5.89 Å². The Morgan fingerprint density at radius 2 is 1.72 bits per heavy atom. The molecule has 1 aromatic heterocycles. The highest BCUT2D eigenvalue weighted by Gasteiger charge is 2.20. The van der Waals surface area contributed by atoms with E-state index in [4.69, 9.17) is 26.1 Å². The summed E-state index contributed by atoms with van der Waals surface area (Å²) in [5.41, 5.74) is 1.86. The van der Waals surface area contributed by atoms with E-state index in [2.05, 4.69) is 14.9 Å². The third kappa shape index (κ3) is 4.16. The van der Waals surface area contributed by atoms with Crippen molar-refractivity contribution >= 4 is 23.6 Å². The van der Waals surface area contributed by atoms with Gasteiger partial charge in [0.05, 0.1) is 11.6 Å². The fourth-order valence-corrected chi connectivity index (χ4v) is 3.99. The lowest BCUT2D eigenvalue weighted by Crippen LogP contribution is -2.46. The molecule has 10 nitrogen and oxygen atoms in total. The van der Waals surface area contributed by atoms with E-state index in [0.717, 1.165) is 37.4 Å². The Morgan fingerprint density at radius 1 is 1.00 bits per heavy atom. The fourth-order valence-electron chi connectivity index (χ4n) is 3.81. The lowest BCUT2D eigenvalue weighted by Gasteiger charge is -2.35. The average molecular weight is 455 g/mol. The summed E-state index contributed by atoms with van der Waals surface area (Å²) < 4.78 is 18.6. The zero-order chi connectivity index (χ0) is 22.1. The van der Waals surface area contributed by atoms with Crippen molar-refractivity contribution in [1.29, 1.82) is 0 Å². The van der Waals surface area contributed by atoms with E-state index in [-0.39, 0.29) is 10.6 Å². The molecule has 2 aromatic carbocycles. The lowest BCUT2D eigenvalue weighted by atomic mass is 10.2. The third-order valence-electron chi connectivity index (χ3n) is 5.53. The molecule has 3 heterocycles. The van der Waals surface area contributed by atoms with Gasteiger partial charge in [-0.1, -0.05) is 0 Å². The molecule has 32 heavy (non-hydrogen) atoms. The van der Waals surface area contributed by atoms with Gasteiger partial charge in [0.15, 0.2) is 11.5 Å². The second-order valence-electron chi connectivity index (χ2n) is 7.55. The number of ether oxygens (including phenoxy) is 2. The maximum Gasteiger partial charge on any atom is 0.288 e. The first-order chi connectivity index (χ1) is 15.6. The number of aromatic nitrogens is 2. The van der Waals surface area contributed by atoms with Crippen LogP contribution in [0.4, 0.5) is 11.4 Å². The molecule has 2 aliphatic rings. The first-order valence-corrected chi connectivity index (χ1v) is 10.7. The molecule has 2 aliphatic heterocycles. The number of fused-ring (bicyclic) bond motifs is 1. The Labute approximate surface area is 188 Å². The molecule has 1 fully saturated rings. The predicted molar refractivity (Wildman–Crippen MR) is 119 cm³/mol. The number of piperazine rings is 1. The Balaban J connectivity index is 1.23. The fraction of sp³-hybridized carbons (Fsp3) is 0.333. The van der Waals surface area contributed by atoms with Crippen LogP contribution in [-0.2, 0) is 6.67 Å². The average Bonchev–Trinajstić information content (AvgIpc) is 3.19. The third-order valence-corrected chi connectivity index (χ3v) is 5.82. The highest BCUT2D eigenvalue weighted by atomic mass is 32.1. The smallest absolute Gasteiger partial charge is 0.288 e. The SMILES string of the molecule is O=[N+]([O-])c1ccc(N2CCN(Cn3nc(-c4ccc5c(c4)OCCO5)oc3=S)CC2)cc1. The van der Waals surface area contributed by atoms with Crippen molar-refractivity contribution in [1.82, 2.24) is 14.7 Å². The largest absolute Gasteiger partial charge is 0.486 e. The monoisotopic (exact) mass is 455 g/mol. The molecular formula is C21H21N5O5S. The second kappa shape index (κ2) is 8.60. The molecule has 166 valence electrons. The molecule has 0 radical (unpaired) electrons. The van der Waals surface area contributed by atoms with Crippen LogP contribution in [0.15, 0.2) is 46.9 Å². The number of hydrogen-bond acceptors (Lipinski definition) is 9. The molecule has 0 amide bonds. The molecule has 11 heteroatoms. The van der Waals surface area contributed by atoms with Crippen molar-refractivity contribution in [2.45, 2.75) is 6.67 Å². The van der Waals surface area contributed by atoms with Crippen molar-refractivity contribution in [3.8, 4) is 23.0 Å². The van der Waals surface area contributed by atoms with Gasteiger partial charge in [-0.15, -0.1) is 5.10 Å². The van der Waals surface area contributed by atoms with Crippen LogP contribution in [0.5, 0.6) is 11.5 Å². The summed E-state index contributed by atoms with van der Waals surface area (Å²) >= 11 is 5.38. The predicted octanol–water partition coefficient (Wildman–Crippen LogP) is 3.33. The molecule has 0 bridgehead atoms. The van der Waals surface area contributed by atoms with E-state index in [1.807, 2.05) is 18.2 Å². The topological polar surface area (TPSA) is 99.0 Å². The van der Waals surface area contributed by atoms with Gasteiger partial charge in [-0.05, 0) is 42.5 Å². The molecule has 3 aromatic rings. The maximum atomic E-state index is 10.8. The molecular weight excluding hydrogens is 434 g/mol. The van der Waals surface area contributed by atoms with Crippen LogP contribution in [0.3, 0.4) is 0 Å². The van der Waals surface area contributed by atoms with E-state index in [1.54, 1.807) is 16.8 Å². The van der Waals surface area contributed by atoms with Gasteiger partial charge in [-0.25, -0.2) is 4.68 Å². The molecule has 0 unspecified atom stereocenters. The minimum Gasteiger partial charge on any atom is -0.486 e. The Hall–Kier alpha value is -3.44. The number of non-ortho nitro benzene ring substituents is 1. The van der Waals surface area contributed by atoms with Crippen LogP contribution in [0.1, 0.15) is 0 Å². The van der Waals surface area contributed by atoms with Crippen molar-refractivity contribution < 1.29 is 18.8 Å². The molecule has 0 aliphatic carbocycles. The van der Waals surface area contributed by atoms with Crippen molar-refractivity contribution in [2.75, 3.05) is 44.3 Å². The van der Waals surface area contributed by atoms with Crippen molar-refractivity contribution in [3.63, 3.8) is 0 Å². The summed E-state index contributed by atoms with van der Waals surface area (Å²) in [5.74, 6) is 1.83. The van der Waals surface area contributed by atoms with Gasteiger partial charge in [0.1, 0.15) is 13.2 Å². The molecule has 0 atom stereocenters. The number of anilines is 1. The molecule has 1 saturated heterocycles.